The topological polar surface area (TPSA) is 51.6 Å². The number of nitrogens with zero attached hydrogens (tertiary/aromatic N) is 4. The smallest absolute Gasteiger partial charge is 0.160 e. The molecule has 0 radical (unpaired) electrons. The molecule has 0 saturated heterocycles. The molecule has 8 aromatic rings. The van der Waals surface area contributed by atoms with E-state index in [0.29, 0.717) is 0 Å². The van der Waals surface area contributed by atoms with E-state index >= 15 is 0 Å². The minimum absolute atomic E-state index is 0.741. The maximum absolute atomic E-state index is 5.15. The number of hydrogen-bond donors (Lipinski definition) is 0. The van der Waals surface area contributed by atoms with Crippen LogP contribution in [0.4, 0.5) is 0 Å². The maximum atomic E-state index is 5.15. The van der Waals surface area contributed by atoms with E-state index in [1.807, 2.05) is 36.4 Å². The van der Waals surface area contributed by atoms with Crippen LogP contribution in [0.3, 0.4) is 0 Å². The van der Waals surface area contributed by atoms with Crippen LogP contribution in [0.5, 0.6) is 0 Å². The highest BCUT2D eigenvalue weighted by atomic mass is 14.9. The van der Waals surface area contributed by atoms with Crippen LogP contribution in [0, 0.1) is 27.7 Å². The van der Waals surface area contributed by atoms with Gasteiger partial charge in [0.1, 0.15) is 0 Å². The first-order valence-corrected chi connectivity index (χ1v) is 16.3. The fourth-order valence-corrected chi connectivity index (χ4v) is 6.72. The number of rotatable bonds is 5. The van der Waals surface area contributed by atoms with Gasteiger partial charge in [-0.1, -0.05) is 109 Å². The lowest BCUT2D eigenvalue weighted by molar-refractivity contribution is 1.20. The van der Waals surface area contributed by atoms with Gasteiger partial charge in [-0.15, -0.1) is 0 Å². The molecular formula is C44H34N4. The van der Waals surface area contributed by atoms with E-state index in [1.54, 1.807) is 0 Å². The van der Waals surface area contributed by atoms with Gasteiger partial charge in [0.15, 0.2) is 11.6 Å². The third-order valence-electron chi connectivity index (χ3n) is 9.22. The van der Waals surface area contributed by atoms with Gasteiger partial charge in [-0.05, 0) is 85.3 Å². The molecule has 0 aliphatic heterocycles. The molecular weight excluding hydrogens is 585 g/mol. The Kier molecular flexibility index (Phi) is 7.34. The van der Waals surface area contributed by atoms with Crippen molar-refractivity contribution < 1.29 is 0 Å². The van der Waals surface area contributed by atoms with Crippen LogP contribution in [-0.4, -0.2) is 19.9 Å². The summed E-state index contributed by atoms with van der Waals surface area (Å²) in [6.07, 6.45) is 0. The van der Waals surface area contributed by atoms with Crippen LogP contribution >= 0.6 is 0 Å². The number of aromatic nitrogens is 4. The lowest BCUT2D eigenvalue weighted by Crippen LogP contribution is -2.00. The summed E-state index contributed by atoms with van der Waals surface area (Å²) in [4.78, 5) is 20.4. The van der Waals surface area contributed by atoms with Gasteiger partial charge < -0.3 is 0 Å². The second-order valence-corrected chi connectivity index (χ2v) is 12.5. The average Bonchev–Trinajstić information content (AvgIpc) is 3.13. The second kappa shape index (κ2) is 12.0. The van der Waals surface area contributed by atoms with Gasteiger partial charge in [0.05, 0.1) is 22.4 Å². The van der Waals surface area contributed by atoms with Crippen LogP contribution in [0.2, 0.25) is 0 Å². The summed E-state index contributed by atoms with van der Waals surface area (Å²) in [6.45, 7) is 8.67. The van der Waals surface area contributed by atoms with Crippen molar-refractivity contribution in [3.63, 3.8) is 0 Å². The number of benzene rings is 6. The molecule has 0 N–H and O–H groups in total. The molecule has 4 nitrogen and oxygen atoms in total. The molecule has 6 aromatic carbocycles. The first kappa shape index (κ1) is 29.4. The Morgan fingerprint density at radius 1 is 0.333 bits per heavy atom. The van der Waals surface area contributed by atoms with Gasteiger partial charge >= 0.3 is 0 Å². The number of para-hydroxylation sites is 2. The van der Waals surface area contributed by atoms with Crippen LogP contribution < -0.4 is 0 Å². The van der Waals surface area contributed by atoms with Crippen molar-refractivity contribution in [2.24, 2.45) is 0 Å². The zero-order valence-electron chi connectivity index (χ0n) is 27.5. The molecule has 0 atom stereocenters. The largest absolute Gasteiger partial charge is 0.228 e. The highest BCUT2D eigenvalue weighted by molar-refractivity contribution is 5.95. The molecule has 4 heteroatoms. The predicted octanol–water partition coefficient (Wildman–Crippen LogP) is 11.1. The highest BCUT2D eigenvalue weighted by Gasteiger charge is 2.18. The molecule has 2 heterocycles. The summed E-state index contributed by atoms with van der Waals surface area (Å²) in [7, 11) is 0. The fourth-order valence-electron chi connectivity index (χ4n) is 6.72. The molecule has 48 heavy (non-hydrogen) atoms. The Balaban J connectivity index is 1.22. The van der Waals surface area contributed by atoms with Crippen LogP contribution in [0.15, 0.2) is 133 Å². The summed E-state index contributed by atoms with van der Waals surface area (Å²) in [5.74, 6) is 1.48. The summed E-state index contributed by atoms with van der Waals surface area (Å²) in [5, 5.41) is 2.10. The van der Waals surface area contributed by atoms with E-state index in [-0.39, 0.29) is 0 Å². The third-order valence-corrected chi connectivity index (χ3v) is 9.22. The molecule has 0 saturated carbocycles. The van der Waals surface area contributed by atoms with Crippen molar-refractivity contribution in [2.45, 2.75) is 27.7 Å². The van der Waals surface area contributed by atoms with Crippen LogP contribution in [0.25, 0.3) is 78.2 Å². The normalized spacial score (nSPS) is 11.3. The Hall–Kier alpha value is -6.00. The third kappa shape index (κ3) is 5.22. The highest BCUT2D eigenvalue weighted by Crippen LogP contribution is 2.38. The van der Waals surface area contributed by atoms with Gasteiger partial charge in [0.2, 0.25) is 0 Å². The first-order valence-electron chi connectivity index (χ1n) is 16.3. The van der Waals surface area contributed by atoms with E-state index in [0.717, 1.165) is 78.2 Å². The lowest BCUT2D eigenvalue weighted by Gasteiger charge is -2.17. The summed E-state index contributed by atoms with van der Waals surface area (Å²) < 4.78 is 0. The van der Waals surface area contributed by atoms with E-state index in [1.165, 1.54) is 22.3 Å². The Morgan fingerprint density at radius 3 is 1.08 bits per heavy atom. The van der Waals surface area contributed by atoms with E-state index in [2.05, 4.69) is 125 Å². The molecule has 8 rings (SSSR count). The standard InChI is InChI=1S/C44H34N4/c1-27-25-37(43-45-39-21-13-11-19-33(39)41(47-43)31-15-7-5-8-16-31)29(3)23-35(27)36-24-30(4)38(26-28(36)2)44-46-40-22-14-12-20-34(40)42(48-44)32-17-9-6-10-18-32/h5-26H,1-4H3. The molecule has 0 bridgehead atoms. The summed E-state index contributed by atoms with van der Waals surface area (Å²) in [5.41, 5.74) is 15.1. The quantitative estimate of drug-likeness (QED) is 0.193. The molecule has 0 fully saturated rings. The maximum Gasteiger partial charge on any atom is 0.160 e. The molecule has 0 amide bonds. The van der Waals surface area contributed by atoms with Gasteiger partial charge in [-0.3, -0.25) is 0 Å². The van der Waals surface area contributed by atoms with Gasteiger partial charge in [-0.2, -0.15) is 0 Å². The van der Waals surface area contributed by atoms with Crippen molar-refractivity contribution in [3.05, 3.63) is 156 Å². The Labute approximate surface area is 280 Å². The minimum Gasteiger partial charge on any atom is -0.228 e. The van der Waals surface area contributed by atoms with E-state index < -0.39 is 0 Å². The molecule has 2 aromatic heterocycles. The zero-order chi connectivity index (χ0) is 32.8. The minimum atomic E-state index is 0.741. The number of fused-ring (bicyclic) bond motifs is 2. The molecule has 0 aliphatic carbocycles. The van der Waals surface area contributed by atoms with Crippen molar-refractivity contribution >= 4 is 21.8 Å². The zero-order valence-corrected chi connectivity index (χ0v) is 27.5. The fraction of sp³-hybridized carbons (Fsp3) is 0.0909. The summed E-state index contributed by atoms with van der Waals surface area (Å²) >= 11 is 0. The monoisotopic (exact) mass is 618 g/mol. The molecule has 0 spiro atoms. The molecule has 0 aliphatic rings. The van der Waals surface area contributed by atoms with Crippen LogP contribution in [-0.2, 0) is 0 Å². The average molecular weight is 619 g/mol. The molecule has 230 valence electrons. The van der Waals surface area contributed by atoms with Crippen molar-refractivity contribution in [1.29, 1.82) is 0 Å². The summed E-state index contributed by atoms with van der Waals surface area (Å²) in [6, 6.07) is 46.3. The number of hydrogen-bond acceptors (Lipinski definition) is 4. The second-order valence-electron chi connectivity index (χ2n) is 12.5. The van der Waals surface area contributed by atoms with Gasteiger partial charge in [0, 0.05) is 33.0 Å². The van der Waals surface area contributed by atoms with Crippen molar-refractivity contribution in [1.82, 2.24) is 19.9 Å². The van der Waals surface area contributed by atoms with Crippen molar-refractivity contribution in [3.8, 4) is 56.4 Å². The lowest BCUT2D eigenvalue weighted by atomic mass is 9.89. The SMILES string of the molecule is Cc1cc(-c2cc(C)c(-c3nc(-c4ccccc4)c4ccccc4n3)cc2C)c(C)cc1-c1nc(-c2ccccc2)c2ccccc2n1. The van der Waals surface area contributed by atoms with E-state index in [9.17, 15) is 0 Å². The predicted molar refractivity (Wildman–Crippen MR) is 199 cm³/mol. The Morgan fingerprint density at radius 2 is 0.667 bits per heavy atom. The van der Waals surface area contributed by atoms with Crippen LogP contribution in [0.1, 0.15) is 22.3 Å². The molecule has 0 unspecified atom stereocenters. The van der Waals surface area contributed by atoms with E-state index in [4.69, 9.17) is 19.9 Å². The number of aryl methyl sites for hydroxylation is 4. The van der Waals surface area contributed by atoms with Crippen molar-refractivity contribution in [2.75, 3.05) is 0 Å². The first-order chi connectivity index (χ1) is 23.4. The Bertz CT molecular complexity index is 2310. The van der Waals surface area contributed by atoms with Gasteiger partial charge in [-0.25, -0.2) is 19.9 Å². The van der Waals surface area contributed by atoms with Gasteiger partial charge in [0.25, 0.3) is 0 Å².